The molecule has 1 aromatic carbocycles. The minimum Gasteiger partial charge on any atom is -0.504 e. The molecule has 4 aromatic rings. The molecule has 12 nitrogen and oxygen atoms in total. The molecule has 2 aliphatic heterocycles. The molecule has 224 valence electrons. The lowest BCUT2D eigenvalue weighted by Crippen LogP contribution is -2.39. The highest BCUT2D eigenvalue weighted by molar-refractivity contribution is 5.87. The summed E-state index contributed by atoms with van der Waals surface area (Å²) < 4.78 is 21.3. The van der Waals surface area contributed by atoms with Crippen molar-refractivity contribution >= 4 is 34.5 Å². The van der Waals surface area contributed by atoms with Crippen molar-refractivity contribution in [3.8, 4) is 17.0 Å². The number of fused-ring (bicyclic) bond motifs is 1. The number of para-hydroxylation sites is 1. The van der Waals surface area contributed by atoms with Crippen LogP contribution < -0.4 is 10.6 Å². The Kier molecular flexibility index (Phi) is 7.32. The van der Waals surface area contributed by atoms with E-state index in [1.165, 1.54) is 12.1 Å². The number of benzene rings is 1. The van der Waals surface area contributed by atoms with Crippen LogP contribution in [0.25, 0.3) is 27.9 Å². The molecule has 13 heteroatoms. The zero-order valence-electron chi connectivity index (χ0n) is 24.4. The maximum Gasteiger partial charge on any atom is 0.410 e. The van der Waals surface area contributed by atoms with Gasteiger partial charge in [-0.1, -0.05) is 12.1 Å². The van der Waals surface area contributed by atoms with Crippen molar-refractivity contribution in [1.82, 2.24) is 34.8 Å². The second kappa shape index (κ2) is 11.1. The number of hydrogen-bond acceptors (Lipinski definition) is 10. The molecular formula is C30H34FN9O3. The third-order valence-electron chi connectivity index (χ3n) is 7.70. The van der Waals surface area contributed by atoms with Crippen LogP contribution in [0.2, 0.25) is 0 Å². The first-order valence-electron chi connectivity index (χ1n) is 14.3. The van der Waals surface area contributed by atoms with Crippen LogP contribution in [0.5, 0.6) is 5.75 Å². The lowest BCUT2D eigenvalue weighted by Gasteiger charge is -2.32. The number of phenols is 1. The largest absolute Gasteiger partial charge is 0.504 e. The number of anilines is 2. The van der Waals surface area contributed by atoms with Gasteiger partial charge in [0.15, 0.2) is 22.9 Å². The minimum atomic E-state index is -0.727. The van der Waals surface area contributed by atoms with E-state index in [0.717, 1.165) is 37.1 Å². The average molecular weight is 588 g/mol. The van der Waals surface area contributed by atoms with Gasteiger partial charge in [0.05, 0.1) is 17.3 Å². The van der Waals surface area contributed by atoms with Gasteiger partial charge < -0.3 is 25.4 Å². The van der Waals surface area contributed by atoms with Gasteiger partial charge in [-0.15, -0.1) is 10.2 Å². The smallest absolute Gasteiger partial charge is 0.410 e. The molecule has 1 saturated heterocycles. The Morgan fingerprint density at radius 3 is 2.53 bits per heavy atom. The number of nitrogen functional groups attached to an aromatic ring is 1. The van der Waals surface area contributed by atoms with E-state index in [9.17, 15) is 14.3 Å². The van der Waals surface area contributed by atoms with E-state index >= 15 is 0 Å². The van der Waals surface area contributed by atoms with Crippen LogP contribution in [-0.2, 0) is 4.74 Å². The molecule has 0 aliphatic carbocycles. The van der Waals surface area contributed by atoms with Crippen molar-refractivity contribution in [2.24, 2.45) is 0 Å². The van der Waals surface area contributed by atoms with Crippen molar-refractivity contribution < 1.29 is 19.0 Å². The number of aromatic nitrogens is 6. The van der Waals surface area contributed by atoms with Crippen LogP contribution in [0.15, 0.2) is 42.7 Å². The lowest BCUT2D eigenvalue weighted by molar-refractivity contribution is 0.0270. The summed E-state index contributed by atoms with van der Waals surface area (Å²) in [6.45, 7) is 8.09. The normalized spacial score (nSPS) is 16.4. The molecule has 2 aliphatic rings. The lowest BCUT2D eigenvalue weighted by atomic mass is 10.0. The molecule has 43 heavy (non-hydrogen) atoms. The Bertz CT molecular complexity index is 1690. The summed E-state index contributed by atoms with van der Waals surface area (Å²) in [6, 6.07) is 6.08. The molecule has 6 rings (SSSR count). The first-order chi connectivity index (χ1) is 20.6. The number of phenolic OH excluding ortho intramolecular Hbond substituents is 1. The number of aromatic hydroxyl groups is 1. The highest BCUT2D eigenvalue weighted by Crippen LogP contribution is 2.34. The monoisotopic (exact) mass is 587 g/mol. The molecule has 1 fully saturated rings. The molecule has 0 unspecified atom stereocenters. The second-order valence-corrected chi connectivity index (χ2v) is 11.8. The summed E-state index contributed by atoms with van der Waals surface area (Å²) >= 11 is 0. The number of halogens is 1. The predicted octanol–water partition coefficient (Wildman–Crippen LogP) is 4.58. The van der Waals surface area contributed by atoms with E-state index in [2.05, 4.69) is 30.2 Å². The van der Waals surface area contributed by atoms with Crippen LogP contribution in [0, 0.1) is 5.82 Å². The quantitative estimate of drug-likeness (QED) is 0.348. The number of nitrogens with two attached hydrogens (primary N) is 1. The van der Waals surface area contributed by atoms with Gasteiger partial charge in [-0.25, -0.2) is 19.2 Å². The van der Waals surface area contributed by atoms with Crippen LogP contribution in [0.3, 0.4) is 0 Å². The maximum absolute atomic E-state index is 14.0. The van der Waals surface area contributed by atoms with Crippen molar-refractivity contribution in [3.63, 3.8) is 0 Å². The summed E-state index contributed by atoms with van der Waals surface area (Å²) in [5, 5.41) is 23.1. The fourth-order valence-corrected chi connectivity index (χ4v) is 5.47. The third kappa shape index (κ3) is 5.79. The van der Waals surface area contributed by atoms with Gasteiger partial charge >= 0.3 is 6.09 Å². The summed E-state index contributed by atoms with van der Waals surface area (Å²) in [5.74, 6) is -0.272. The van der Waals surface area contributed by atoms with E-state index < -0.39 is 17.2 Å². The van der Waals surface area contributed by atoms with Crippen molar-refractivity contribution in [1.29, 1.82) is 0 Å². The van der Waals surface area contributed by atoms with Gasteiger partial charge in [-0.05, 0) is 63.8 Å². The first kappa shape index (κ1) is 28.3. The Morgan fingerprint density at radius 2 is 1.86 bits per heavy atom. The Labute approximate surface area is 248 Å². The van der Waals surface area contributed by atoms with E-state index in [0.29, 0.717) is 42.2 Å². The third-order valence-corrected chi connectivity index (χ3v) is 7.70. The number of carbonyl (C=O) groups excluding carboxylic acids is 1. The number of rotatable bonds is 4. The molecule has 0 bridgehead atoms. The molecule has 0 radical (unpaired) electrons. The SMILES string of the molecule is CC(C)(C)OC(=O)N1CC=C(c2cnc(N3CCC(n4nc(N)c5nnc(-c6cccc(F)c6O)cc54)CC3)nc2)CC1. The highest BCUT2D eigenvalue weighted by Gasteiger charge is 2.27. The van der Waals surface area contributed by atoms with Gasteiger partial charge in [0.25, 0.3) is 0 Å². The minimum absolute atomic E-state index is 0.0498. The van der Waals surface area contributed by atoms with Crippen LogP contribution in [0.4, 0.5) is 21.0 Å². The van der Waals surface area contributed by atoms with Crippen LogP contribution >= 0.6 is 0 Å². The second-order valence-electron chi connectivity index (χ2n) is 11.8. The van der Waals surface area contributed by atoms with Gasteiger partial charge in [0, 0.05) is 49.7 Å². The standard InChI is InChI=1S/C30H34FN9O3/c1-30(2,3)43-29(42)39-11-7-18(8-12-39)19-16-33-28(34-17-19)38-13-9-20(10-14-38)40-24-15-23(35-36-25(24)27(32)37-40)21-5-4-6-22(31)26(21)41/h4-7,15-17,20,41H,8-14H2,1-3H3,(H2,32,37). The van der Waals surface area contributed by atoms with Gasteiger partial charge in [0.2, 0.25) is 5.95 Å². The van der Waals surface area contributed by atoms with Crippen molar-refractivity contribution in [2.75, 3.05) is 36.8 Å². The summed E-state index contributed by atoms with van der Waals surface area (Å²) in [6.07, 6.45) is 7.66. The Hall–Kier alpha value is -4.81. The summed E-state index contributed by atoms with van der Waals surface area (Å²) in [7, 11) is 0. The number of hydrogen-bond donors (Lipinski definition) is 2. The molecule has 0 saturated carbocycles. The van der Waals surface area contributed by atoms with Crippen LogP contribution in [0.1, 0.15) is 51.6 Å². The number of piperidine rings is 1. The fraction of sp³-hybridized carbons (Fsp3) is 0.400. The zero-order chi connectivity index (χ0) is 30.3. The summed E-state index contributed by atoms with van der Waals surface area (Å²) in [5.41, 5.74) is 9.43. The van der Waals surface area contributed by atoms with Gasteiger partial charge in [-0.2, -0.15) is 5.10 Å². The van der Waals surface area contributed by atoms with E-state index in [4.69, 9.17) is 10.5 Å². The number of amides is 1. The number of carbonyl (C=O) groups is 1. The summed E-state index contributed by atoms with van der Waals surface area (Å²) in [4.78, 5) is 25.5. The molecule has 3 aromatic heterocycles. The van der Waals surface area contributed by atoms with E-state index in [1.54, 1.807) is 17.0 Å². The molecule has 0 atom stereocenters. The number of nitrogens with zero attached hydrogens (tertiary/aromatic N) is 8. The molecular weight excluding hydrogens is 553 g/mol. The van der Waals surface area contributed by atoms with Crippen molar-refractivity contribution in [2.45, 2.75) is 51.7 Å². The van der Waals surface area contributed by atoms with Gasteiger partial charge in [0.1, 0.15) is 5.60 Å². The topological polar surface area (TPSA) is 148 Å². The zero-order valence-corrected chi connectivity index (χ0v) is 24.4. The molecule has 1 amide bonds. The van der Waals surface area contributed by atoms with Crippen LogP contribution in [-0.4, -0.2) is 77.8 Å². The van der Waals surface area contributed by atoms with E-state index in [-0.39, 0.29) is 23.5 Å². The maximum atomic E-state index is 14.0. The Morgan fingerprint density at radius 1 is 1.12 bits per heavy atom. The molecule has 5 heterocycles. The highest BCUT2D eigenvalue weighted by atomic mass is 19.1. The van der Waals surface area contributed by atoms with E-state index in [1.807, 2.05) is 43.9 Å². The van der Waals surface area contributed by atoms with Crippen molar-refractivity contribution in [3.05, 3.63) is 54.1 Å². The fourth-order valence-electron chi connectivity index (χ4n) is 5.47. The molecule has 3 N–H and O–H groups in total. The average Bonchev–Trinajstić information content (AvgIpc) is 3.33. The van der Waals surface area contributed by atoms with Gasteiger partial charge in [-0.3, -0.25) is 4.68 Å². The Balaban J connectivity index is 1.12. The predicted molar refractivity (Wildman–Crippen MR) is 160 cm³/mol. The first-order valence-corrected chi connectivity index (χ1v) is 14.3. The molecule has 0 spiro atoms. The number of ether oxygens (including phenoxy) is 1.